The zero-order chi connectivity index (χ0) is 14.4. The highest BCUT2D eigenvalue weighted by Gasteiger charge is 2.14. The van der Waals surface area contributed by atoms with Gasteiger partial charge in [0.2, 0.25) is 5.95 Å². The minimum absolute atomic E-state index is 0.365. The number of nitrogens with two attached hydrogens (primary N) is 1. The SMILES string of the molecule is Cc1c(Cl)cccc1-n1c(N)nc2cc(Cl)c(Cl)cc21. The first-order valence-electron chi connectivity index (χ1n) is 5.87. The monoisotopic (exact) mass is 325 g/mol. The van der Waals surface area contributed by atoms with Crippen LogP contribution in [0.1, 0.15) is 5.56 Å². The fourth-order valence-corrected chi connectivity index (χ4v) is 2.67. The third-order valence-corrected chi connectivity index (χ3v) is 4.33. The summed E-state index contributed by atoms with van der Waals surface area (Å²) in [6.07, 6.45) is 0. The average Bonchev–Trinajstić information content (AvgIpc) is 2.69. The van der Waals surface area contributed by atoms with E-state index < -0.39 is 0 Å². The molecule has 20 heavy (non-hydrogen) atoms. The molecule has 3 nitrogen and oxygen atoms in total. The van der Waals surface area contributed by atoms with Gasteiger partial charge in [-0.3, -0.25) is 4.57 Å². The van der Waals surface area contributed by atoms with E-state index >= 15 is 0 Å². The Morgan fingerprint density at radius 3 is 2.50 bits per heavy atom. The van der Waals surface area contributed by atoms with Crippen LogP contribution in [0.3, 0.4) is 0 Å². The fraction of sp³-hybridized carbons (Fsp3) is 0.0714. The lowest BCUT2D eigenvalue weighted by molar-refractivity contribution is 1.09. The molecule has 0 aliphatic carbocycles. The number of aromatic nitrogens is 2. The molecule has 0 unspecified atom stereocenters. The van der Waals surface area contributed by atoms with E-state index in [1.165, 1.54) is 0 Å². The highest BCUT2D eigenvalue weighted by Crippen LogP contribution is 2.32. The van der Waals surface area contributed by atoms with Gasteiger partial charge in [0.15, 0.2) is 0 Å². The molecule has 0 aliphatic rings. The summed E-state index contributed by atoms with van der Waals surface area (Å²) >= 11 is 18.3. The molecule has 1 aromatic heterocycles. The zero-order valence-corrected chi connectivity index (χ0v) is 12.8. The molecule has 0 spiro atoms. The van der Waals surface area contributed by atoms with Gasteiger partial charge < -0.3 is 5.73 Å². The quantitative estimate of drug-likeness (QED) is 0.693. The molecule has 0 bridgehead atoms. The van der Waals surface area contributed by atoms with Gasteiger partial charge in [-0.2, -0.15) is 0 Å². The van der Waals surface area contributed by atoms with Gasteiger partial charge in [0, 0.05) is 5.02 Å². The molecule has 6 heteroatoms. The third-order valence-electron chi connectivity index (χ3n) is 3.20. The van der Waals surface area contributed by atoms with Crippen molar-refractivity contribution >= 4 is 51.8 Å². The molecule has 1 heterocycles. The van der Waals surface area contributed by atoms with Crippen LogP contribution in [-0.4, -0.2) is 9.55 Å². The molecular weight excluding hydrogens is 317 g/mol. The number of halogens is 3. The van der Waals surface area contributed by atoms with Crippen LogP contribution < -0.4 is 5.73 Å². The number of nitrogen functional groups attached to an aromatic ring is 1. The van der Waals surface area contributed by atoms with Gasteiger partial charge in [-0.1, -0.05) is 40.9 Å². The van der Waals surface area contributed by atoms with Crippen molar-refractivity contribution in [3.8, 4) is 5.69 Å². The molecule has 0 radical (unpaired) electrons. The first-order valence-corrected chi connectivity index (χ1v) is 7.01. The van der Waals surface area contributed by atoms with E-state index in [1.54, 1.807) is 12.1 Å². The second kappa shape index (κ2) is 4.85. The van der Waals surface area contributed by atoms with E-state index in [1.807, 2.05) is 29.7 Å². The normalized spacial score (nSPS) is 11.2. The fourth-order valence-electron chi connectivity index (χ4n) is 2.18. The lowest BCUT2D eigenvalue weighted by Crippen LogP contribution is -2.02. The van der Waals surface area contributed by atoms with E-state index in [-0.39, 0.29) is 0 Å². The smallest absolute Gasteiger partial charge is 0.205 e. The predicted octanol–water partition coefficient (Wildman–Crippen LogP) is 4.88. The summed E-state index contributed by atoms with van der Waals surface area (Å²) in [4.78, 5) is 4.32. The summed E-state index contributed by atoms with van der Waals surface area (Å²) < 4.78 is 1.82. The number of nitrogens with zero attached hydrogens (tertiary/aromatic N) is 2. The highest BCUT2D eigenvalue weighted by molar-refractivity contribution is 6.42. The van der Waals surface area contributed by atoms with Crippen LogP contribution in [0.5, 0.6) is 0 Å². The second-order valence-electron chi connectivity index (χ2n) is 4.44. The lowest BCUT2D eigenvalue weighted by Gasteiger charge is -2.11. The Morgan fingerprint density at radius 1 is 1.05 bits per heavy atom. The number of imidazole rings is 1. The minimum atomic E-state index is 0.365. The molecule has 0 saturated heterocycles. The Hall–Kier alpha value is -1.42. The molecule has 2 N–H and O–H groups in total. The van der Waals surface area contributed by atoms with Gasteiger partial charge in [-0.05, 0) is 36.8 Å². The first-order chi connectivity index (χ1) is 9.49. The molecule has 3 rings (SSSR count). The Labute approximate surface area is 130 Å². The van der Waals surface area contributed by atoms with Gasteiger partial charge >= 0.3 is 0 Å². The van der Waals surface area contributed by atoms with Crippen molar-refractivity contribution in [2.45, 2.75) is 6.92 Å². The number of fused-ring (bicyclic) bond motifs is 1. The number of hydrogen-bond donors (Lipinski definition) is 1. The van der Waals surface area contributed by atoms with E-state index in [4.69, 9.17) is 40.5 Å². The summed E-state index contributed by atoms with van der Waals surface area (Å²) in [6, 6.07) is 9.09. The van der Waals surface area contributed by atoms with Crippen molar-refractivity contribution in [2.75, 3.05) is 5.73 Å². The van der Waals surface area contributed by atoms with Gasteiger partial charge in [-0.25, -0.2) is 4.98 Å². The highest BCUT2D eigenvalue weighted by atomic mass is 35.5. The number of anilines is 1. The number of rotatable bonds is 1. The molecule has 2 aromatic carbocycles. The van der Waals surface area contributed by atoms with Crippen LogP contribution in [0.4, 0.5) is 5.95 Å². The number of benzene rings is 2. The van der Waals surface area contributed by atoms with Crippen LogP contribution in [-0.2, 0) is 0 Å². The second-order valence-corrected chi connectivity index (χ2v) is 5.67. The molecule has 102 valence electrons. The van der Waals surface area contributed by atoms with Gasteiger partial charge in [-0.15, -0.1) is 0 Å². The van der Waals surface area contributed by atoms with Crippen LogP contribution in [0.2, 0.25) is 15.1 Å². The molecular formula is C14H10Cl3N3. The Morgan fingerprint density at radius 2 is 1.75 bits per heavy atom. The van der Waals surface area contributed by atoms with E-state index in [0.717, 1.165) is 16.8 Å². The van der Waals surface area contributed by atoms with Gasteiger partial charge in [0.05, 0.1) is 26.8 Å². The van der Waals surface area contributed by atoms with Crippen molar-refractivity contribution in [3.63, 3.8) is 0 Å². The first kappa shape index (κ1) is 13.6. The van der Waals surface area contributed by atoms with Crippen LogP contribution >= 0.6 is 34.8 Å². The summed E-state index contributed by atoms with van der Waals surface area (Å²) in [7, 11) is 0. The van der Waals surface area contributed by atoms with E-state index in [9.17, 15) is 0 Å². The van der Waals surface area contributed by atoms with Crippen LogP contribution in [0, 0.1) is 6.92 Å². The van der Waals surface area contributed by atoms with E-state index in [2.05, 4.69) is 4.98 Å². The van der Waals surface area contributed by atoms with Gasteiger partial charge in [0.1, 0.15) is 0 Å². The minimum Gasteiger partial charge on any atom is -0.369 e. The molecule has 0 aliphatic heterocycles. The predicted molar refractivity (Wildman–Crippen MR) is 85.2 cm³/mol. The average molecular weight is 327 g/mol. The Kier molecular flexibility index (Phi) is 3.28. The van der Waals surface area contributed by atoms with Crippen molar-refractivity contribution in [1.29, 1.82) is 0 Å². The van der Waals surface area contributed by atoms with Crippen LogP contribution in [0.25, 0.3) is 16.7 Å². The molecule has 3 aromatic rings. The maximum atomic E-state index is 6.17. The topological polar surface area (TPSA) is 43.8 Å². The van der Waals surface area contributed by atoms with E-state index in [0.29, 0.717) is 26.5 Å². The molecule has 0 atom stereocenters. The summed E-state index contributed by atoms with van der Waals surface area (Å²) in [5.74, 6) is 0.365. The Balaban J connectivity index is 2.39. The van der Waals surface area contributed by atoms with Crippen LogP contribution in [0.15, 0.2) is 30.3 Å². The largest absolute Gasteiger partial charge is 0.369 e. The molecule has 0 fully saturated rings. The Bertz CT molecular complexity index is 824. The standard InChI is InChI=1S/C14H10Cl3N3/c1-7-8(15)3-2-4-12(7)20-13-6-10(17)9(16)5-11(13)19-14(20)18/h2-6H,1H3,(H2,18,19). The maximum Gasteiger partial charge on any atom is 0.205 e. The van der Waals surface area contributed by atoms with Crippen molar-refractivity contribution in [3.05, 3.63) is 51.0 Å². The van der Waals surface area contributed by atoms with Crippen molar-refractivity contribution < 1.29 is 0 Å². The summed E-state index contributed by atoms with van der Waals surface area (Å²) in [6.45, 7) is 1.93. The third kappa shape index (κ3) is 2.03. The summed E-state index contributed by atoms with van der Waals surface area (Å²) in [5.41, 5.74) is 9.31. The number of hydrogen-bond acceptors (Lipinski definition) is 2. The zero-order valence-electron chi connectivity index (χ0n) is 10.5. The lowest BCUT2D eigenvalue weighted by atomic mass is 10.2. The maximum absolute atomic E-state index is 6.17. The van der Waals surface area contributed by atoms with Crippen molar-refractivity contribution in [1.82, 2.24) is 9.55 Å². The summed E-state index contributed by atoms with van der Waals surface area (Å²) in [5, 5.41) is 1.58. The molecule has 0 saturated carbocycles. The molecule has 0 amide bonds. The van der Waals surface area contributed by atoms with Gasteiger partial charge in [0.25, 0.3) is 0 Å². The van der Waals surface area contributed by atoms with Crippen molar-refractivity contribution in [2.24, 2.45) is 0 Å².